The van der Waals surface area contributed by atoms with Crippen LogP contribution in [0, 0.1) is 0 Å². The van der Waals surface area contributed by atoms with E-state index in [0.29, 0.717) is 5.69 Å². The first-order valence-electron chi connectivity index (χ1n) is 5.63. The molecule has 0 saturated carbocycles. The van der Waals surface area contributed by atoms with Crippen molar-refractivity contribution in [3.8, 4) is 0 Å². The second-order valence-corrected chi connectivity index (χ2v) is 3.92. The third kappa shape index (κ3) is 1.64. The summed E-state index contributed by atoms with van der Waals surface area (Å²) in [5, 5.41) is 11.0. The standard InChI is InChI=1S/C14H11N3O/c18-9-13-11-6-4-5-10(14(11)17-16-13)12-7-2-1-3-8-15-12/h1-9,15H,(H,16,17). The molecule has 0 amide bonds. The number of benzene rings is 1. The molecule has 4 nitrogen and oxygen atoms in total. The smallest absolute Gasteiger partial charge is 0.170 e. The van der Waals surface area contributed by atoms with Gasteiger partial charge in [-0.05, 0) is 12.2 Å². The SMILES string of the molecule is O=Cc1n[nH]c2c(C3=CC=CC=CN3)cccc12. The number of aldehydes is 1. The van der Waals surface area contributed by atoms with E-state index in [-0.39, 0.29) is 0 Å². The molecule has 1 aliphatic heterocycles. The van der Waals surface area contributed by atoms with Crippen LogP contribution in [-0.4, -0.2) is 16.5 Å². The maximum Gasteiger partial charge on any atom is 0.170 e. The Morgan fingerprint density at radius 1 is 1.17 bits per heavy atom. The van der Waals surface area contributed by atoms with Gasteiger partial charge in [0.25, 0.3) is 0 Å². The van der Waals surface area contributed by atoms with Gasteiger partial charge in [-0.2, -0.15) is 5.10 Å². The number of hydrogen-bond acceptors (Lipinski definition) is 3. The second-order valence-electron chi connectivity index (χ2n) is 3.92. The summed E-state index contributed by atoms with van der Waals surface area (Å²) in [5.74, 6) is 0. The Hall–Kier alpha value is -2.62. The molecule has 0 atom stereocenters. The number of carbonyl (C=O) groups is 1. The molecule has 1 aromatic carbocycles. The first-order chi connectivity index (χ1) is 8.90. The minimum Gasteiger partial charge on any atom is -0.361 e. The summed E-state index contributed by atoms with van der Waals surface area (Å²) in [4.78, 5) is 10.9. The van der Waals surface area contributed by atoms with Gasteiger partial charge in [0, 0.05) is 22.8 Å². The number of hydrogen-bond donors (Lipinski definition) is 2. The summed E-state index contributed by atoms with van der Waals surface area (Å²) in [5.41, 5.74) is 3.25. The summed E-state index contributed by atoms with van der Waals surface area (Å²) in [7, 11) is 0. The average molecular weight is 237 g/mol. The van der Waals surface area contributed by atoms with Crippen molar-refractivity contribution in [2.75, 3.05) is 0 Å². The van der Waals surface area contributed by atoms with Crippen LogP contribution in [0.4, 0.5) is 0 Å². The van der Waals surface area contributed by atoms with E-state index in [9.17, 15) is 4.79 Å². The molecule has 0 saturated heterocycles. The summed E-state index contributed by atoms with van der Waals surface area (Å²) in [6.45, 7) is 0. The maximum atomic E-state index is 10.9. The highest BCUT2D eigenvalue weighted by atomic mass is 16.1. The van der Waals surface area contributed by atoms with E-state index < -0.39 is 0 Å². The number of aromatic nitrogens is 2. The Morgan fingerprint density at radius 2 is 2.11 bits per heavy atom. The van der Waals surface area contributed by atoms with E-state index in [2.05, 4.69) is 15.5 Å². The highest BCUT2D eigenvalue weighted by molar-refractivity contribution is 5.99. The number of rotatable bonds is 2. The minimum absolute atomic E-state index is 0.437. The Labute approximate surface area is 104 Å². The maximum absolute atomic E-state index is 10.9. The lowest BCUT2D eigenvalue weighted by Gasteiger charge is -2.07. The summed E-state index contributed by atoms with van der Waals surface area (Å²) in [6, 6.07) is 5.79. The Balaban J connectivity index is 2.20. The predicted molar refractivity (Wildman–Crippen MR) is 70.9 cm³/mol. The van der Waals surface area contributed by atoms with Crippen molar-refractivity contribution < 1.29 is 4.79 Å². The molecule has 2 N–H and O–H groups in total. The lowest BCUT2D eigenvalue weighted by Crippen LogP contribution is -2.03. The van der Waals surface area contributed by atoms with E-state index >= 15 is 0 Å². The zero-order valence-electron chi connectivity index (χ0n) is 9.55. The third-order valence-corrected chi connectivity index (χ3v) is 2.85. The van der Waals surface area contributed by atoms with Gasteiger partial charge in [-0.15, -0.1) is 0 Å². The zero-order valence-corrected chi connectivity index (χ0v) is 9.55. The van der Waals surface area contributed by atoms with E-state index in [0.717, 1.165) is 28.4 Å². The number of carbonyl (C=O) groups excluding carboxylic acids is 1. The average Bonchev–Trinajstić information content (AvgIpc) is 2.65. The predicted octanol–water partition coefficient (Wildman–Crippen LogP) is 2.39. The van der Waals surface area contributed by atoms with Crippen molar-refractivity contribution in [3.63, 3.8) is 0 Å². The second kappa shape index (κ2) is 4.33. The fraction of sp³-hybridized carbons (Fsp3) is 0. The molecule has 0 bridgehead atoms. The van der Waals surface area contributed by atoms with Crippen molar-refractivity contribution in [2.45, 2.75) is 0 Å². The Kier molecular flexibility index (Phi) is 2.53. The van der Waals surface area contributed by atoms with Crippen molar-refractivity contribution in [3.05, 3.63) is 60.0 Å². The van der Waals surface area contributed by atoms with Crippen LogP contribution in [0.15, 0.2) is 48.7 Å². The van der Waals surface area contributed by atoms with Crippen LogP contribution in [-0.2, 0) is 0 Å². The van der Waals surface area contributed by atoms with Crippen molar-refractivity contribution in [1.82, 2.24) is 15.5 Å². The highest BCUT2D eigenvalue weighted by Crippen LogP contribution is 2.24. The Bertz CT molecular complexity index is 692. The molecular formula is C14H11N3O. The van der Waals surface area contributed by atoms with Gasteiger partial charge in [-0.25, -0.2) is 0 Å². The summed E-state index contributed by atoms with van der Waals surface area (Å²) < 4.78 is 0. The summed E-state index contributed by atoms with van der Waals surface area (Å²) >= 11 is 0. The Morgan fingerprint density at radius 3 is 3.00 bits per heavy atom. The molecule has 88 valence electrons. The largest absolute Gasteiger partial charge is 0.361 e. The highest BCUT2D eigenvalue weighted by Gasteiger charge is 2.10. The number of fused-ring (bicyclic) bond motifs is 1. The number of allylic oxidation sites excluding steroid dienone is 4. The molecule has 0 spiro atoms. The van der Waals surface area contributed by atoms with Crippen LogP contribution < -0.4 is 5.32 Å². The van der Waals surface area contributed by atoms with Crippen molar-refractivity contribution in [2.24, 2.45) is 0 Å². The van der Waals surface area contributed by atoms with Gasteiger partial charge in [0.1, 0.15) is 5.69 Å². The van der Waals surface area contributed by atoms with Gasteiger partial charge in [0.2, 0.25) is 0 Å². The molecule has 1 aliphatic rings. The number of nitrogens with one attached hydrogen (secondary N) is 2. The van der Waals surface area contributed by atoms with Crippen molar-refractivity contribution in [1.29, 1.82) is 0 Å². The van der Waals surface area contributed by atoms with Crippen LogP contribution in [0.2, 0.25) is 0 Å². The molecule has 0 aliphatic carbocycles. The van der Waals surface area contributed by atoms with Gasteiger partial charge in [0.05, 0.1) is 5.52 Å². The number of H-pyrrole nitrogens is 1. The van der Waals surface area contributed by atoms with Crippen LogP contribution in [0.5, 0.6) is 0 Å². The van der Waals surface area contributed by atoms with E-state index in [1.54, 1.807) is 0 Å². The van der Waals surface area contributed by atoms with Crippen LogP contribution in [0.25, 0.3) is 16.6 Å². The van der Waals surface area contributed by atoms with E-state index in [4.69, 9.17) is 0 Å². The van der Waals surface area contributed by atoms with E-state index in [1.165, 1.54) is 0 Å². The molecule has 0 unspecified atom stereocenters. The molecule has 1 aromatic heterocycles. The molecule has 0 radical (unpaired) electrons. The quantitative estimate of drug-likeness (QED) is 0.788. The van der Waals surface area contributed by atoms with Gasteiger partial charge in [0.15, 0.2) is 6.29 Å². The van der Waals surface area contributed by atoms with Gasteiger partial charge >= 0.3 is 0 Å². The molecule has 0 fully saturated rings. The van der Waals surface area contributed by atoms with Crippen LogP contribution >= 0.6 is 0 Å². The normalized spacial score (nSPS) is 14.1. The lowest BCUT2D eigenvalue weighted by atomic mass is 10.1. The zero-order chi connectivity index (χ0) is 12.4. The molecule has 4 heteroatoms. The third-order valence-electron chi connectivity index (χ3n) is 2.85. The van der Waals surface area contributed by atoms with Crippen LogP contribution in [0.1, 0.15) is 16.1 Å². The topological polar surface area (TPSA) is 57.8 Å². The fourth-order valence-electron chi connectivity index (χ4n) is 2.00. The van der Waals surface area contributed by atoms with Gasteiger partial charge in [-0.1, -0.05) is 30.4 Å². The molecule has 2 heterocycles. The molecular weight excluding hydrogens is 226 g/mol. The van der Waals surface area contributed by atoms with Gasteiger partial charge < -0.3 is 5.32 Å². The summed E-state index contributed by atoms with van der Waals surface area (Å²) in [6.07, 6.45) is 10.4. The molecule has 2 aromatic rings. The number of para-hydroxylation sites is 1. The fourth-order valence-corrected chi connectivity index (χ4v) is 2.00. The lowest BCUT2D eigenvalue weighted by molar-refractivity contribution is 0.112. The molecule has 18 heavy (non-hydrogen) atoms. The molecule has 3 rings (SSSR count). The number of nitrogens with zero attached hydrogens (tertiary/aromatic N) is 1. The van der Waals surface area contributed by atoms with Crippen molar-refractivity contribution >= 4 is 22.9 Å². The van der Waals surface area contributed by atoms with Gasteiger partial charge in [-0.3, -0.25) is 9.89 Å². The first-order valence-corrected chi connectivity index (χ1v) is 5.63. The van der Waals surface area contributed by atoms with E-state index in [1.807, 2.05) is 48.7 Å². The number of aromatic amines is 1. The minimum atomic E-state index is 0.437. The van der Waals surface area contributed by atoms with Crippen LogP contribution in [0.3, 0.4) is 0 Å². The first kappa shape index (κ1) is 10.5. The monoisotopic (exact) mass is 237 g/mol.